The quantitative estimate of drug-likeness (QED) is 0.305. The Bertz CT molecular complexity index is 968. The Morgan fingerprint density at radius 1 is 1.09 bits per heavy atom. The number of ether oxygens (including phenoxy) is 1. The molecule has 0 bridgehead atoms. The van der Waals surface area contributed by atoms with Gasteiger partial charge in [-0.2, -0.15) is 0 Å². The number of amides is 3. The number of carbonyl (C=O) groups excluding carboxylic acids is 3. The lowest BCUT2D eigenvalue weighted by molar-refractivity contribution is -0.122. The van der Waals surface area contributed by atoms with Crippen molar-refractivity contribution in [3.05, 3.63) is 21.5 Å². The fourth-order valence-corrected chi connectivity index (χ4v) is 5.01. The maximum absolute atomic E-state index is 12.3. The van der Waals surface area contributed by atoms with Crippen LogP contribution in [0.2, 0.25) is 0 Å². The number of thiazole rings is 2. The Morgan fingerprint density at radius 2 is 1.82 bits per heavy atom. The summed E-state index contributed by atoms with van der Waals surface area (Å²) in [6.45, 7) is 7.91. The van der Waals surface area contributed by atoms with Crippen molar-refractivity contribution in [2.24, 2.45) is 0 Å². The summed E-state index contributed by atoms with van der Waals surface area (Å²) in [6, 6.07) is -0.715. The predicted molar refractivity (Wildman–Crippen MR) is 140 cm³/mol. The molecule has 0 fully saturated rings. The third-order valence-corrected chi connectivity index (χ3v) is 7.17. The number of hydrogen-bond acceptors (Lipinski definition) is 8. The second-order valence-electron chi connectivity index (χ2n) is 8.87. The SMILES string of the molecule is C[C@@H](NC(=O)OC(C)(C)C)C(=O)NCCc1nc(-c2nc(C(=O)NCCC[S+](C)C)cs2)cs1. The molecule has 0 aliphatic heterocycles. The van der Waals surface area contributed by atoms with Gasteiger partial charge >= 0.3 is 6.09 Å². The number of hydrogen-bond donors (Lipinski definition) is 3. The van der Waals surface area contributed by atoms with Gasteiger partial charge in [-0.15, -0.1) is 22.7 Å². The van der Waals surface area contributed by atoms with E-state index in [1.807, 2.05) is 5.38 Å². The molecule has 9 nitrogen and oxygen atoms in total. The summed E-state index contributed by atoms with van der Waals surface area (Å²) in [4.78, 5) is 45.3. The maximum Gasteiger partial charge on any atom is 0.408 e. The van der Waals surface area contributed by atoms with Crippen LogP contribution in [0.5, 0.6) is 0 Å². The molecular formula is C22H34N5O4S3+. The number of rotatable bonds is 11. The molecule has 0 aliphatic rings. The smallest absolute Gasteiger partial charge is 0.408 e. The second-order valence-corrected chi connectivity index (χ2v) is 13.1. The van der Waals surface area contributed by atoms with Gasteiger partial charge in [0.2, 0.25) is 5.91 Å². The largest absolute Gasteiger partial charge is 0.444 e. The minimum absolute atomic E-state index is 0.165. The third-order valence-electron chi connectivity index (χ3n) is 4.29. The van der Waals surface area contributed by atoms with Gasteiger partial charge in [0.15, 0.2) is 0 Å². The molecule has 2 aromatic heterocycles. The number of nitrogens with zero attached hydrogens (tertiary/aromatic N) is 2. The first-order valence-electron chi connectivity index (χ1n) is 10.9. The monoisotopic (exact) mass is 528 g/mol. The summed E-state index contributed by atoms with van der Waals surface area (Å²) >= 11 is 2.86. The Morgan fingerprint density at radius 3 is 2.50 bits per heavy atom. The Kier molecular flexibility index (Phi) is 10.8. The van der Waals surface area contributed by atoms with Gasteiger partial charge in [0.1, 0.15) is 33.8 Å². The van der Waals surface area contributed by atoms with Crippen LogP contribution in [0, 0.1) is 0 Å². The highest BCUT2D eigenvalue weighted by Gasteiger charge is 2.21. The zero-order valence-corrected chi connectivity index (χ0v) is 23.0. The Labute approximate surface area is 211 Å². The van der Waals surface area contributed by atoms with Crippen LogP contribution in [0.25, 0.3) is 10.7 Å². The number of carbonyl (C=O) groups is 3. The van der Waals surface area contributed by atoms with Crippen LogP contribution >= 0.6 is 22.7 Å². The molecule has 0 radical (unpaired) electrons. The number of alkyl carbamates (subject to hydrolysis) is 1. The number of aromatic nitrogens is 2. The lowest BCUT2D eigenvalue weighted by Gasteiger charge is -2.21. The van der Waals surface area contributed by atoms with Crippen LogP contribution in [-0.2, 0) is 26.8 Å². The molecule has 2 heterocycles. The van der Waals surface area contributed by atoms with E-state index in [1.165, 1.54) is 22.7 Å². The highest BCUT2D eigenvalue weighted by atomic mass is 32.2. The summed E-state index contributed by atoms with van der Waals surface area (Å²) in [5.74, 6) is 0.637. The maximum atomic E-state index is 12.3. The summed E-state index contributed by atoms with van der Waals surface area (Å²) in [7, 11) is 0.376. The first-order valence-corrected chi connectivity index (χ1v) is 14.9. The summed E-state index contributed by atoms with van der Waals surface area (Å²) in [5.41, 5.74) is 0.495. The minimum Gasteiger partial charge on any atom is -0.444 e. The van der Waals surface area contributed by atoms with E-state index in [9.17, 15) is 14.4 Å². The Hall–Kier alpha value is -2.18. The third kappa shape index (κ3) is 9.98. The molecule has 0 spiro atoms. The van der Waals surface area contributed by atoms with Crippen LogP contribution < -0.4 is 16.0 Å². The van der Waals surface area contributed by atoms with E-state index in [1.54, 1.807) is 33.1 Å². The molecule has 188 valence electrons. The van der Waals surface area contributed by atoms with E-state index in [2.05, 4.69) is 38.4 Å². The van der Waals surface area contributed by atoms with Crippen molar-refractivity contribution in [1.29, 1.82) is 0 Å². The van der Waals surface area contributed by atoms with Crippen molar-refractivity contribution in [3.8, 4) is 10.7 Å². The summed E-state index contributed by atoms with van der Waals surface area (Å²) in [6.07, 6.45) is 5.25. The van der Waals surface area contributed by atoms with Gasteiger partial charge in [0.05, 0.1) is 17.5 Å². The van der Waals surface area contributed by atoms with Crippen LogP contribution in [0.3, 0.4) is 0 Å². The van der Waals surface area contributed by atoms with Gasteiger partial charge in [-0.1, -0.05) is 0 Å². The standard InChI is InChI=1S/C22H33N5O4S3/c1-14(25-21(30)31-22(2,3)4)18(28)24-10-8-17-26-16(13-32-17)20-27-15(12-33-20)19(29)23-9-7-11-34(5)6/h12-14H,7-11H2,1-6H3,(H2-,23,24,25,28,29,30)/p+1/t14-/m1/s1. The zero-order chi connectivity index (χ0) is 25.3. The predicted octanol–water partition coefficient (Wildman–Crippen LogP) is 2.84. The molecular weight excluding hydrogens is 494 g/mol. The molecule has 1 atom stereocenters. The molecule has 2 aromatic rings. The fraction of sp³-hybridized carbons (Fsp3) is 0.591. The average molecular weight is 529 g/mol. The molecule has 3 amide bonds. The Balaban J connectivity index is 1.78. The molecule has 2 rings (SSSR count). The van der Waals surface area contributed by atoms with Crippen LogP contribution in [0.1, 0.15) is 49.6 Å². The van der Waals surface area contributed by atoms with Crippen LogP contribution in [0.4, 0.5) is 4.79 Å². The molecule has 34 heavy (non-hydrogen) atoms. The minimum atomic E-state index is -0.715. The molecule has 0 saturated carbocycles. The van der Waals surface area contributed by atoms with E-state index >= 15 is 0 Å². The van der Waals surface area contributed by atoms with Crippen molar-refractivity contribution in [1.82, 2.24) is 25.9 Å². The molecule has 0 aliphatic carbocycles. The summed E-state index contributed by atoms with van der Waals surface area (Å²) < 4.78 is 5.16. The van der Waals surface area contributed by atoms with Crippen molar-refractivity contribution >= 4 is 51.5 Å². The average Bonchev–Trinajstić information content (AvgIpc) is 3.39. The lowest BCUT2D eigenvalue weighted by Crippen LogP contribution is -2.46. The second kappa shape index (κ2) is 13.1. The van der Waals surface area contributed by atoms with E-state index in [4.69, 9.17) is 4.74 Å². The topological polar surface area (TPSA) is 122 Å². The highest BCUT2D eigenvalue weighted by Crippen LogP contribution is 2.25. The van der Waals surface area contributed by atoms with Crippen LogP contribution in [-0.4, -0.2) is 70.9 Å². The molecule has 0 saturated heterocycles. The van der Waals surface area contributed by atoms with E-state index in [-0.39, 0.29) is 11.8 Å². The summed E-state index contributed by atoms with van der Waals surface area (Å²) in [5, 5.41) is 13.4. The van der Waals surface area contributed by atoms with Gasteiger partial charge in [-0.25, -0.2) is 14.8 Å². The molecule has 0 unspecified atom stereocenters. The van der Waals surface area contributed by atoms with E-state index in [0.29, 0.717) is 41.1 Å². The van der Waals surface area contributed by atoms with E-state index < -0.39 is 17.7 Å². The van der Waals surface area contributed by atoms with Crippen molar-refractivity contribution < 1.29 is 19.1 Å². The molecule has 3 N–H and O–H groups in total. The van der Waals surface area contributed by atoms with E-state index in [0.717, 1.165) is 22.9 Å². The first kappa shape index (κ1) is 28.1. The van der Waals surface area contributed by atoms with Crippen molar-refractivity contribution in [2.75, 3.05) is 31.4 Å². The van der Waals surface area contributed by atoms with Crippen molar-refractivity contribution in [2.45, 2.75) is 52.2 Å². The molecule has 12 heteroatoms. The fourth-order valence-electron chi connectivity index (χ4n) is 2.67. The van der Waals surface area contributed by atoms with Gasteiger partial charge in [0, 0.05) is 36.7 Å². The van der Waals surface area contributed by atoms with Gasteiger partial charge in [-0.05, 0) is 38.6 Å². The lowest BCUT2D eigenvalue weighted by atomic mass is 10.2. The van der Waals surface area contributed by atoms with Crippen LogP contribution in [0.15, 0.2) is 10.8 Å². The highest BCUT2D eigenvalue weighted by molar-refractivity contribution is 7.95. The first-order chi connectivity index (χ1) is 15.9. The van der Waals surface area contributed by atoms with Gasteiger partial charge in [-0.3, -0.25) is 9.59 Å². The van der Waals surface area contributed by atoms with Gasteiger partial charge < -0.3 is 20.7 Å². The zero-order valence-electron chi connectivity index (χ0n) is 20.5. The normalized spacial score (nSPS) is 12.3. The number of nitrogens with one attached hydrogen (secondary N) is 3. The van der Waals surface area contributed by atoms with Gasteiger partial charge in [0.25, 0.3) is 5.91 Å². The molecule has 0 aromatic carbocycles. The van der Waals surface area contributed by atoms with Crippen molar-refractivity contribution in [3.63, 3.8) is 0 Å².